The molecule has 0 atom stereocenters. The predicted octanol–water partition coefficient (Wildman–Crippen LogP) is 3.68. The molecule has 6 rings (SSSR count). The van der Waals surface area contributed by atoms with Crippen LogP contribution < -0.4 is 20.3 Å². The molecule has 0 saturated heterocycles. The minimum Gasteiger partial charge on any atom is -0.454 e. The number of anilines is 1. The molecule has 0 unspecified atom stereocenters. The third kappa shape index (κ3) is 3.65. The van der Waals surface area contributed by atoms with Crippen LogP contribution in [0.25, 0.3) is 16.0 Å². The molecular formula is C21H15N5O4S3. The van der Waals surface area contributed by atoms with Crippen molar-refractivity contribution in [1.82, 2.24) is 19.2 Å². The molecule has 12 heteroatoms. The first-order valence-corrected chi connectivity index (χ1v) is 12.6. The lowest BCUT2D eigenvalue weighted by Crippen LogP contribution is -2.22. The van der Waals surface area contributed by atoms with Crippen molar-refractivity contribution in [2.45, 2.75) is 11.7 Å². The quantitative estimate of drug-likeness (QED) is 0.357. The van der Waals surface area contributed by atoms with Gasteiger partial charge < -0.3 is 14.8 Å². The molecule has 1 aliphatic rings. The first-order valence-electron chi connectivity index (χ1n) is 9.87. The molecule has 33 heavy (non-hydrogen) atoms. The van der Waals surface area contributed by atoms with E-state index in [0.29, 0.717) is 39.4 Å². The summed E-state index contributed by atoms with van der Waals surface area (Å²) >= 11 is 4.23. The number of nitrogens with zero attached hydrogens (tertiary/aromatic N) is 4. The van der Waals surface area contributed by atoms with Gasteiger partial charge in [-0.1, -0.05) is 17.8 Å². The number of carbonyl (C=O) groups excluding carboxylic acids is 1. The zero-order chi connectivity index (χ0) is 22.4. The molecule has 5 aromatic rings. The highest BCUT2D eigenvalue weighted by atomic mass is 32.2. The highest BCUT2D eigenvalue weighted by Gasteiger charge is 2.19. The normalized spacial score (nSPS) is 12.6. The smallest absolute Gasteiger partial charge is 0.273 e. The zero-order valence-electron chi connectivity index (χ0n) is 16.9. The van der Waals surface area contributed by atoms with Crippen LogP contribution in [0.4, 0.5) is 5.69 Å². The van der Waals surface area contributed by atoms with Crippen LogP contribution in [-0.2, 0) is 11.3 Å². The van der Waals surface area contributed by atoms with Crippen LogP contribution in [-0.4, -0.2) is 37.6 Å². The summed E-state index contributed by atoms with van der Waals surface area (Å²) in [5.74, 6) is 1.66. The molecule has 0 bridgehead atoms. The molecule has 9 nitrogen and oxygen atoms in total. The highest BCUT2D eigenvalue weighted by Crippen LogP contribution is 2.34. The number of benzene rings is 1. The number of hydrogen-bond acceptors (Lipinski definition) is 9. The lowest BCUT2D eigenvalue weighted by atomic mass is 10.3. The van der Waals surface area contributed by atoms with Crippen LogP contribution in [0.15, 0.2) is 57.1 Å². The van der Waals surface area contributed by atoms with E-state index in [1.165, 1.54) is 23.1 Å². The molecule has 0 aliphatic carbocycles. The molecule has 0 fully saturated rings. The number of thioether (sulfide) groups is 1. The summed E-state index contributed by atoms with van der Waals surface area (Å²) in [5, 5.41) is 15.8. The number of nitrogens with one attached hydrogen (secondary N) is 1. The van der Waals surface area contributed by atoms with Crippen molar-refractivity contribution in [3.05, 3.63) is 62.4 Å². The fourth-order valence-corrected chi connectivity index (χ4v) is 5.85. The van der Waals surface area contributed by atoms with Crippen LogP contribution in [0.5, 0.6) is 11.5 Å². The van der Waals surface area contributed by atoms with E-state index in [-0.39, 0.29) is 24.0 Å². The van der Waals surface area contributed by atoms with Crippen molar-refractivity contribution in [3.8, 4) is 11.5 Å². The molecule has 166 valence electrons. The first kappa shape index (κ1) is 20.3. The van der Waals surface area contributed by atoms with Crippen LogP contribution >= 0.6 is 34.4 Å². The predicted molar refractivity (Wildman–Crippen MR) is 128 cm³/mol. The van der Waals surface area contributed by atoms with Gasteiger partial charge in [0.15, 0.2) is 16.7 Å². The van der Waals surface area contributed by atoms with E-state index in [0.717, 1.165) is 10.4 Å². The Balaban J connectivity index is 1.28. The molecule has 1 aromatic carbocycles. The molecule has 1 aliphatic heterocycles. The van der Waals surface area contributed by atoms with Crippen molar-refractivity contribution < 1.29 is 14.3 Å². The van der Waals surface area contributed by atoms with Gasteiger partial charge in [-0.2, -0.15) is 0 Å². The first-order chi connectivity index (χ1) is 16.2. The highest BCUT2D eigenvalue weighted by molar-refractivity contribution is 7.99. The van der Waals surface area contributed by atoms with Crippen LogP contribution in [0, 0.1) is 0 Å². The maximum absolute atomic E-state index is 13.1. The molecule has 5 heterocycles. The monoisotopic (exact) mass is 497 g/mol. The van der Waals surface area contributed by atoms with Gasteiger partial charge in [-0.3, -0.25) is 18.6 Å². The molecule has 0 spiro atoms. The second-order valence-corrected chi connectivity index (χ2v) is 10.0. The Bertz CT molecular complexity index is 1550. The number of carbonyl (C=O) groups is 1. The number of aromatic nitrogens is 4. The fraction of sp³-hybridized carbons (Fsp3) is 0.143. The van der Waals surface area contributed by atoms with Crippen LogP contribution in [0.1, 0.15) is 4.88 Å². The largest absolute Gasteiger partial charge is 0.454 e. The van der Waals surface area contributed by atoms with E-state index < -0.39 is 0 Å². The number of fused-ring (bicyclic) bond motifs is 4. The van der Waals surface area contributed by atoms with Gasteiger partial charge >= 0.3 is 0 Å². The summed E-state index contributed by atoms with van der Waals surface area (Å²) < 4.78 is 14.8. The van der Waals surface area contributed by atoms with Gasteiger partial charge in [0.2, 0.25) is 18.5 Å². The molecule has 0 saturated carbocycles. The maximum atomic E-state index is 13.1. The number of ether oxygens (including phenoxy) is 2. The maximum Gasteiger partial charge on any atom is 0.273 e. The summed E-state index contributed by atoms with van der Waals surface area (Å²) in [4.78, 5) is 26.7. The summed E-state index contributed by atoms with van der Waals surface area (Å²) in [5.41, 5.74) is 1.28. The molecule has 0 radical (unpaired) electrons. The van der Waals surface area contributed by atoms with Crippen molar-refractivity contribution in [2.24, 2.45) is 0 Å². The molecule has 1 amide bonds. The minimum atomic E-state index is -0.191. The van der Waals surface area contributed by atoms with E-state index in [4.69, 9.17) is 9.47 Å². The summed E-state index contributed by atoms with van der Waals surface area (Å²) in [6.45, 7) is 0.596. The van der Waals surface area contributed by atoms with E-state index in [1.54, 1.807) is 34.1 Å². The zero-order valence-corrected chi connectivity index (χ0v) is 19.3. The van der Waals surface area contributed by atoms with E-state index >= 15 is 0 Å². The lowest BCUT2D eigenvalue weighted by Gasteiger charge is -2.09. The van der Waals surface area contributed by atoms with E-state index in [9.17, 15) is 9.59 Å². The van der Waals surface area contributed by atoms with Gasteiger partial charge in [-0.15, -0.1) is 32.9 Å². The summed E-state index contributed by atoms with van der Waals surface area (Å²) in [6, 6.07) is 11.1. The number of hydrogen-bond donors (Lipinski definition) is 1. The second-order valence-electron chi connectivity index (χ2n) is 7.13. The Morgan fingerprint density at radius 2 is 2.03 bits per heavy atom. The standard InChI is InChI=1S/C21H15N5O4S3/c27-17(22-12-3-4-15-16(8-12)30-11-29-15)10-33-21-24-23-20-25(9-13-2-1-6-31-13)19(28)18-14(26(20)21)5-7-32-18/h1-8H,9-11H2,(H,22,27). The third-order valence-electron chi connectivity index (χ3n) is 5.07. The third-order valence-corrected chi connectivity index (χ3v) is 7.75. The topological polar surface area (TPSA) is 99.8 Å². The van der Waals surface area contributed by atoms with Crippen LogP contribution in [0.3, 0.4) is 0 Å². The fourth-order valence-electron chi connectivity index (χ4n) is 3.60. The summed E-state index contributed by atoms with van der Waals surface area (Å²) in [7, 11) is 0. The Hall–Kier alpha value is -3.35. The second kappa shape index (κ2) is 8.21. The Morgan fingerprint density at radius 3 is 2.91 bits per heavy atom. The number of thiophene rings is 2. The van der Waals surface area contributed by atoms with E-state index in [2.05, 4.69) is 15.5 Å². The van der Waals surface area contributed by atoms with Gasteiger partial charge in [0.1, 0.15) is 4.70 Å². The van der Waals surface area contributed by atoms with Crippen molar-refractivity contribution >= 4 is 62.0 Å². The van der Waals surface area contributed by atoms with Gasteiger partial charge in [0.05, 0.1) is 17.8 Å². The Morgan fingerprint density at radius 1 is 1.12 bits per heavy atom. The number of amides is 1. The van der Waals surface area contributed by atoms with Gasteiger partial charge in [0.25, 0.3) is 5.56 Å². The van der Waals surface area contributed by atoms with Gasteiger partial charge in [0, 0.05) is 16.6 Å². The molecule has 1 N–H and O–H groups in total. The van der Waals surface area contributed by atoms with Gasteiger partial charge in [-0.05, 0) is 35.0 Å². The average molecular weight is 498 g/mol. The lowest BCUT2D eigenvalue weighted by molar-refractivity contribution is -0.113. The van der Waals surface area contributed by atoms with E-state index in [1.807, 2.05) is 33.4 Å². The average Bonchev–Trinajstić information content (AvgIpc) is 3.60. The Labute approximate surface area is 198 Å². The molecule has 4 aromatic heterocycles. The van der Waals surface area contributed by atoms with Crippen LogP contribution in [0.2, 0.25) is 0 Å². The van der Waals surface area contributed by atoms with Crippen molar-refractivity contribution in [3.63, 3.8) is 0 Å². The van der Waals surface area contributed by atoms with Gasteiger partial charge in [-0.25, -0.2) is 0 Å². The minimum absolute atomic E-state index is 0.0922. The number of rotatable bonds is 6. The van der Waals surface area contributed by atoms with Crippen molar-refractivity contribution in [2.75, 3.05) is 17.9 Å². The SMILES string of the molecule is O=C(CSc1nnc2n(Cc3cccs3)c(=O)c3sccc3n12)Nc1ccc2c(c1)OCO2. The Kier molecular flexibility index (Phi) is 5.04. The summed E-state index contributed by atoms with van der Waals surface area (Å²) in [6.07, 6.45) is 0. The van der Waals surface area contributed by atoms with Crippen molar-refractivity contribution in [1.29, 1.82) is 0 Å². The molecular weight excluding hydrogens is 482 g/mol.